The number of aryl methyl sites for hydroxylation is 2. The lowest BCUT2D eigenvalue weighted by atomic mass is 10.00. The molecule has 0 radical (unpaired) electrons. The van der Waals surface area contributed by atoms with Crippen molar-refractivity contribution in [3.05, 3.63) is 68.6 Å². The van der Waals surface area contributed by atoms with Gasteiger partial charge in [-0.1, -0.05) is 38.1 Å². The highest BCUT2D eigenvalue weighted by Crippen LogP contribution is 2.29. The van der Waals surface area contributed by atoms with E-state index >= 15 is 0 Å². The normalized spacial score (nSPS) is 13.9. The van der Waals surface area contributed by atoms with Gasteiger partial charge >= 0.3 is 0 Å². The van der Waals surface area contributed by atoms with Crippen LogP contribution in [0.1, 0.15) is 35.7 Å². The van der Waals surface area contributed by atoms with Gasteiger partial charge in [-0.3, -0.25) is 14.0 Å². The summed E-state index contributed by atoms with van der Waals surface area (Å²) < 4.78 is 4.41. The Labute approximate surface area is 178 Å². The Bertz CT molecular complexity index is 1330. The van der Waals surface area contributed by atoms with Crippen molar-refractivity contribution in [3.63, 3.8) is 0 Å². The van der Waals surface area contributed by atoms with E-state index in [-0.39, 0.29) is 18.0 Å². The summed E-state index contributed by atoms with van der Waals surface area (Å²) in [5.74, 6) is 0.740. The molecule has 0 aliphatic carbocycles. The van der Waals surface area contributed by atoms with Crippen LogP contribution < -0.4 is 5.56 Å². The highest BCUT2D eigenvalue weighted by atomic mass is 32.1. The lowest BCUT2D eigenvalue weighted by Gasteiger charge is -2.29. The number of rotatable bonds is 4. The fourth-order valence-corrected chi connectivity index (χ4v) is 5.31. The van der Waals surface area contributed by atoms with Crippen LogP contribution in [0.15, 0.2) is 41.2 Å². The number of carbonyl (C=O) groups excluding carboxylic acids is 1. The SMILES string of the molecule is CCc1cc2c(cc3c(=O)n(CC(=O)N4CCc5ccccc5C4)nc(CC)n32)s1. The summed E-state index contributed by atoms with van der Waals surface area (Å²) in [7, 11) is 0. The average Bonchev–Trinajstić information content (AvgIpc) is 3.33. The standard InChI is InChI=1S/C23H24N4O2S/c1-3-17-11-18-20(30-17)12-19-23(29)26(24-21(4-2)27(18)19)14-22(28)25-10-9-15-7-5-6-8-16(15)13-25/h5-8,11-12H,3-4,9-10,13-14H2,1-2H3. The molecule has 7 heteroatoms. The molecule has 0 saturated heterocycles. The van der Waals surface area contributed by atoms with Crippen LogP contribution in [0.2, 0.25) is 0 Å². The van der Waals surface area contributed by atoms with Crippen molar-refractivity contribution in [2.75, 3.05) is 6.54 Å². The first kappa shape index (κ1) is 19.1. The summed E-state index contributed by atoms with van der Waals surface area (Å²) in [6.07, 6.45) is 2.50. The Morgan fingerprint density at radius 3 is 2.67 bits per heavy atom. The van der Waals surface area contributed by atoms with E-state index in [0.29, 0.717) is 25.0 Å². The molecule has 0 atom stereocenters. The van der Waals surface area contributed by atoms with Gasteiger partial charge in [0, 0.05) is 24.4 Å². The molecule has 0 unspecified atom stereocenters. The molecule has 6 nitrogen and oxygen atoms in total. The van der Waals surface area contributed by atoms with Crippen molar-refractivity contribution in [2.24, 2.45) is 0 Å². The third-order valence-corrected chi connectivity index (χ3v) is 7.14. The van der Waals surface area contributed by atoms with Crippen LogP contribution in [-0.2, 0) is 37.1 Å². The van der Waals surface area contributed by atoms with Crippen molar-refractivity contribution in [1.29, 1.82) is 0 Å². The first-order chi connectivity index (χ1) is 14.6. The zero-order chi connectivity index (χ0) is 20.8. The van der Waals surface area contributed by atoms with Crippen LogP contribution in [0.5, 0.6) is 0 Å². The van der Waals surface area contributed by atoms with Crippen LogP contribution in [0.4, 0.5) is 0 Å². The van der Waals surface area contributed by atoms with E-state index in [1.165, 1.54) is 20.7 Å². The van der Waals surface area contributed by atoms with E-state index < -0.39 is 0 Å². The number of aromatic nitrogens is 3. The maximum Gasteiger partial charge on any atom is 0.291 e. The molecule has 1 amide bonds. The minimum absolute atomic E-state index is 0.0243. The molecule has 154 valence electrons. The first-order valence-corrected chi connectivity index (χ1v) is 11.3. The molecule has 0 bridgehead atoms. The Kier molecular flexibility index (Phi) is 4.70. The van der Waals surface area contributed by atoms with Crippen molar-refractivity contribution < 1.29 is 4.79 Å². The Balaban J connectivity index is 1.49. The summed E-state index contributed by atoms with van der Waals surface area (Å²) >= 11 is 1.71. The van der Waals surface area contributed by atoms with Gasteiger partial charge in [-0.2, -0.15) is 5.10 Å². The van der Waals surface area contributed by atoms with Gasteiger partial charge in [-0.05, 0) is 36.1 Å². The highest BCUT2D eigenvalue weighted by Gasteiger charge is 2.22. The Morgan fingerprint density at radius 2 is 1.90 bits per heavy atom. The van der Waals surface area contributed by atoms with Gasteiger partial charge in [-0.15, -0.1) is 11.3 Å². The lowest BCUT2D eigenvalue weighted by molar-refractivity contribution is -0.133. The lowest BCUT2D eigenvalue weighted by Crippen LogP contribution is -2.40. The number of amides is 1. The maximum absolute atomic E-state index is 13.1. The second-order valence-electron chi connectivity index (χ2n) is 7.75. The van der Waals surface area contributed by atoms with E-state index in [4.69, 9.17) is 0 Å². The van der Waals surface area contributed by atoms with Gasteiger partial charge in [0.1, 0.15) is 17.9 Å². The molecule has 1 aliphatic heterocycles. The van der Waals surface area contributed by atoms with Gasteiger partial charge < -0.3 is 4.90 Å². The Morgan fingerprint density at radius 1 is 1.10 bits per heavy atom. The van der Waals surface area contributed by atoms with Crippen molar-refractivity contribution in [2.45, 2.75) is 46.2 Å². The van der Waals surface area contributed by atoms with Gasteiger partial charge in [0.05, 0.1) is 10.2 Å². The predicted octanol–water partition coefficient (Wildman–Crippen LogP) is 3.42. The maximum atomic E-state index is 13.1. The molecule has 4 heterocycles. The molecular weight excluding hydrogens is 396 g/mol. The van der Waals surface area contributed by atoms with E-state index in [9.17, 15) is 9.59 Å². The van der Waals surface area contributed by atoms with Crippen LogP contribution in [0, 0.1) is 0 Å². The van der Waals surface area contributed by atoms with E-state index in [0.717, 1.165) is 28.9 Å². The molecular formula is C23H24N4O2S. The summed E-state index contributed by atoms with van der Waals surface area (Å²) in [4.78, 5) is 29.3. The number of hydrogen-bond donors (Lipinski definition) is 0. The first-order valence-electron chi connectivity index (χ1n) is 10.5. The van der Waals surface area contributed by atoms with Gasteiger partial charge in [0.25, 0.3) is 5.56 Å². The zero-order valence-electron chi connectivity index (χ0n) is 17.2. The number of carbonyl (C=O) groups is 1. The third kappa shape index (κ3) is 3.04. The number of fused-ring (bicyclic) bond motifs is 4. The van der Waals surface area contributed by atoms with E-state index in [1.54, 1.807) is 11.3 Å². The van der Waals surface area contributed by atoms with Gasteiger partial charge in [0.15, 0.2) is 0 Å². The fraction of sp³-hybridized carbons (Fsp3) is 0.348. The van der Waals surface area contributed by atoms with Gasteiger partial charge in [-0.25, -0.2) is 4.68 Å². The fourth-order valence-electron chi connectivity index (χ4n) is 4.29. The Hall–Kier alpha value is -2.93. The van der Waals surface area contributed by atoms with Crippen molar-refractivity contribution in [1.82, 2.24) is 19.1 Å². The smallest absolute Gasteiger partial charge is 0.291 e. The largest absolute Gasteiger partial charge is 0.336 e. The van der Waals surface area contributed by atoms with Gasteiger partial charge in [0.2, 0.25) is 5.91 Å². The summed E-state index contributed by atoms with van der Waals surface area (Å²) in [5, 5.41) is 4.58. The highest BCUT2D eigenvalue weighted by molar-refractivity contribution is 7.19. The predicted molar refractivity (Wildman–Crippen MR) is 119 cm³/mol. The number of benzene rings is 1. The zero-order valence-corrected chi connectivity index (χ0v) is 18.0. The van der Waals surface area contributed by atoms with Crippen LogP contribution in [-0.4, -0.2) is 31.5 Å². The van der Waals surface area contributed by atoms with Crippen LogP contribution in [0.3, 0.4) is 0 Å². The molecule has 0 fully saturated rings. The summed E-state index contributed by atoms with van der Waals surface area (Å²) in [6, 6.07) is 12.3. The van der Waals surface area contributed by atoms with E-state index in [1.807, 2.05) is 34.4 Å². The molecule has 5 rings (SSSR count). The summed E-state index contributed by atoms with van der Waals surface area (Å²) in [6.45, 7) is 5.40. The van der Waals surface area contributed by atoms with Crippen LogP contribution in [0.25, 0.3) is 15.7 Å². The number of hydrogen-bond acceptors (Lipinski definition) is 4. The minimum atomic E-state index is -0.209. The van der Waals surface area contributed by atoms with E-state index in [2.05, 4.69) is 30.2 Å². The molecule has 4 aromatic rings. The molecule has 1 aromatic carbocycles. The van der Waals surface area contributed by atoms with Crippen molar-refractivity contribution in [3.8, 4) is 0 Å². The molecule has 3 aromatic heterocycles. The molecule has 1 aliphatic rings. The van der Waals surface area contributed by atoms with Crippen molar-refractivity contribution >= 4 is 33.0 Å². The second kappa shape index (κ2) is 7.40. The third-order valence-electron chi connectivity index (χ3n) is 5.92. The monoisotopic (exact) mass is 420 g/mol. The topological polar surface area (TPSA) is 59.6 Å². The van der Waals surface area contributed by atoms with Crippen LogP contribution >= 0.6 is 11.3 Å². The minimum Gasteiger partial charge on any atom is -0.336 e. The molecule has 0 N–H and O–H groups in total. The molecule has 30 heavy (non-hydrogen) atoms. The second-order valence-corrected chi connectivity index (χ2v) is 8.92. The number of nitrogens with zero attached hydrogens (tertiary/aromatic N) is 4. The molecule has 0 spiro atoms. The molecule has 0 saturated carbocycles. The number of thiophene rings is 1. The quantitative estimate of drug-likeness (QED) is 0.508. The summed E-state index contributed by atoms with van der Waals surface area (Å²) in [5.41, 5.74) is 3.91. The average molecular weight is 421 g/mol.